The maximum absolute atomic E-state index is 12.8. The SMILES string of the molecule is CCOc1ccc(S(=O)(=O)N(C)CC(=O)Nc2c(C)cc(Br)cc2CC)cc1Cl. The number of nitrogens with zero attached hydrogens (tertiary/aromatic N) is 1. The Kier molecular flexibility index (Phi) is 8.10. The van der Waals surface area contributed by atoms with Gasteiger partial charge in [-0.15, -0.1) is 0 Å². The summed E-state index contributed by atoms with van der Waals surface area (Å²) >= 11 is 9.55. The Balaban J connectivity index is 2.18. The van der Waals surface area contributed by atoms with Crippen molar-refractivity contribution in [2.24, 2.45) is 0 Å². The third-order valence-electron chi connectivity index (χ3n) is 4.30. The van der Waals surface area contributed by atoms with E-state index in [9.17, 15) is 13.2 Å². The van der Waals surface area contributed by atoms with Crippen molar-refractivity contribution in [2.75, 3.05) is 25.5 Å². The summed E-state index contributed by atoms with van der Waals surface area (Å²) in [4.78, 5) is 12.5. The lowest BCUT2D eigenvalue weighted by atomic mass is 10.1. The predicted molar refractivity (Wildman–Crippen MR) is 119 cm³/mol. The van der Waals surface area contributed by atoms with Gasteiger partial charge in [0.25, 0.3) is 0 Å². The summed E-state index contributed by atoms with van der Waals surface area (Å²) < 4.78 is 32.9. The van der Waals surface area contributed by atoms with Crippen LogP contribution in [-0.2, 0) is 21.2 Å². The van der Waals surface area contributed by atoms with Gasteiger partial charge < -0.3 is 10.1 Å². The van der Waals surface area contributed by atoms with Crippen LogP contribution in [-0.4, -0.2) is 38.8 Å². The van der Waals surface area contributed by atoms with Crippen LogP contribution < -0.4 is 10.1 Å². The molecule has 0 aromatic heterocycles. The monoisotopic (exact) mass is 502 g/mol. The van der Waals surface area contributed by atoms with Crippen LogP contribution in [0.1, 0.15) is 25.0 Å². The molecule has 0 atom stereocenters. The third kappa shape index (κ3) is 5.72. The molecular weight excluding hydrogens is 480 g/mol. The van der Waals surface area contributed by atoms with Gasteiger partial charge in [0.05, 0.1) is 23.1 Å². The normalized spacial score (nSPS) is 11.6. The fraction of sp³-hybridized carbons (Fsp3) is 0.350. The molecule has 1 N–H and O–H groups in total. The van der Waals surface area contributed by atoms with Gasteiger partial charge in [0.2, 0.25) is 15.9 Å². The van der Waals surface area contributed by atoms with Crippen LogP contribution in [0.2, 0.25) is 5.02 Å². The zero-order chi connectivity index (χ0) is 21.8. The van der Waals surface area contributed by atoms with E-state index in [2.05, 4.69) is 21.2 Å². The number of likely N-dealkylation sites (N-methyl/N-ethyl adjacent to an activating group) is 1. The minimum Gasteiger partial charge on any atom is -0.492 e. The molecule has 0 spiro atoms. The summed E-state index contributed by atoms with van der Waals surface area (Å²) in [6.45, 7) is 5.78. The van der Waals surface area contributed by atoms with E-state index in [1.165, 1.54) is 25.2 Å². The highest BCUT2D eigenvalue weighted by Crippen LogP contribution is 2.29. The second-order valence-electron chi connectivity index (χ2n) is 6.44. The first-order chi connectivity index (χ1) is 13.6. The van der Waals surface area contributed by atoms with Crippen LogP contribution in [0.5, 0.6) is 5.75 Å². The van der Waals surface area contributed by atoms with Crippen LogP contribution in [0.25, 0.3) is 0 Å². The first-order valence-corrected chi connectivity index (χ1v) is 11.7. The molecule has 2 aromatic carbocycles. The molecule has 0 unspecified atom stereocenters. The van der Waals surface area contributed by atoms with E-state index in [-0.39, 0.29) is 16.5 Å². The van der Waals surface area contributed by atoms with Crippen molar-refractivity contribution in [1.82, 2.24) is 4.31 Å². The molecular formula is C20H24BrClN2O4S. The number of nitrogens with one attached hydrogen (secondary N) is 1. The first-order valence-electron chi connectivity index (χ1n) is 9.07. The van der Waals surface area contributed by atoms with Crippen LogP contribution in [0.4, 0.5) is 5.69 Å². The van der Waals surface area contributed by atoms with Gasteiger partial charge in [-0.3, -0.25) is 4.79 Å². The lowest BCUT2D eigenvalue weighted by Crippen LogP contribution is -2.35. The van der Waals surface area contributed by atoms with Crippen LogP contribution in [0.3, 0.4) is 0 Å². The molecule has 0 aliphatic heterocycles. The molecule has 1 amide bonds. The van der Waals surface area contributed by atoms with Gasteiger partial charge in [0.15, 0.2) is 0 Å². The van der Waals surface area contributed by atoms with E-state index < -0.39 is 15.9 Å². The summed E-state index contributed by atoms with van der Waals surface area (Å²) in [5.41, 5.74) is 2.57. The standard InChI is InChI=1S/C20H24BrClN2O4S/c1-5-14-10-15(21)9-13(3)20(14)23-19(25)12-24(4)29(26,27)16-7-8-18(28-6-2)17(22)11-16/h7-11H,5-6,12H2,1-4H3,(H,23,25). The molecule has 2 rings (SSSR count). The second kappa shape index (κ2) is 9.93. The molecule has 2 aromatic rings. The highest BCUT2D eigenvalue weighted by molar-refractivity contribution is 9.10. The number of aryl methyl sites for hydroxylation is 2. The van der Waals surface area contributed by atoms with E-state index >= 15 is 0 Å². The molecule has 29 heavy (non-hydrogen) atoms. The highest BCUT2D eigenvalue weighted by Gasteiger charge is 2.24. The van der Waals surface area contributed by atoms with Crippen molar-refractivity contribution in [3.8, 4) is 5.75 Å². The lowest BCUT2D eigenvalue weighted by Gasteiger charge is -2.19. The first kappa shape index (κ1) is 23.7. The number of carbonyl (C=O) groups is 1. The van der Waals surface area contributed by atoms with E-state index in [0.717, 1.165) is 26.3 Å². The Labute approximate surface area is 185 Å². The molecule has 158 valence electrons. The number of carbonyl (C=O) groups excluding carboxylic acids is 1. The molecule has 9 heteroatoms. The lowest BCUT2D eigenvalue weighted by molar-refractivity contribution is -0.116. The quantitative estimate of drug-likeness (QED) is 0.570. The van der Waals surface area contributed by atoms with Crippen LogP contribution in [0.15, 0.2) is 39.7 Å². The zero-order valence-electron chi connectivity index (χ0n) is 16.8. The van der Waals surface area contributed by atoms with Gasteiger partial charge in [-0.25, -0.2) is 8.42 Å². The number of sulfonamides is 1. The molecule has 0 aliphatic rings. The maximum Gasteiger partial charge on any atom is 0.243 e. The van der Waals surface area contributed by atoms with Gasteiger partial charge in [-0.2, -0.15) is 4.31 Å². The summed E-state index contributed by atoms with van der Waals surface area (Å²) in [6, 6.07) is 8.08. The number of ether oxygens (including phenoxy) is 1. The number of rotatable bonds is 8. The summed E-state index contributed by atoms with van der Waals surface area (Å²) in [7, 11) is -2.53. The Morgan fingerprint density at radius 2 is 1.93 bits per heavy atom. The average Bonchev–Trinajstić information content (AvgIpc) is 2.65. The zero-order valence-corrected chi connectivity index (χ0v) is 19.9. The minimum atomic E-state index is -3.89. The fourth-order valence-electron chi connectivity index (χ4n) is 2.83. The number of benzene rings is 2. The largest absolute Gasteiger partial charge is 0.492 e. The Morgan fingerprint density at radius 1 is 1.24 bits per heavy atom. The number of hydrogen-bond donors (Lipinski definition) is 1. The van der Waals surface area contributed by atoms with E-state index in [1.54, 1.807) is 0 Å². The second-order valence-corrected chi connectivity index (χ2v) is 9.81. The van der Waals surface area contributed by atoms with Gasteiger partial charge in [0.1, 0.15) is 5.75 Å². The number of anilines is 1. The summed E-state index contributed by atoms with van der Waals surface area (Å²) in [5, 5.41) is 3.03. The molecule has 6 nitrogen and oxygen atoms in total. The van der Waals surface area contributed by atoms with Gasteiger partial charge in [-0.1, -0.05) is 34.5 Å². The number of halogens is 2. The van der Waals surface area contributed by atoms with Crippen LogP contribution in [0, 0.1) is 6.92 Å². The molecule has 0 heterocycles. The predicted octanol–water partition coefficient (Wildman–Crippen LogP) is 4.63. The summed E-state index contributed by atoms with van der Waals surface area (Å²) in [5.74, 6) is -0.0143. The van der Waals surface area contributed by atoms with Crippen molar-refractivity contribution in [2.45, 2.75) is 32.1 Å². The van der Waals surface area contributed by atoms with Crippen molar-refractivity contribution < 1.29 is 17.9 Å². The van der Waals surface area contributed by atoms with E-state index in [1.807, 2.05) is 32.9 Å². The number of amides is 1. The van der Waals surface area contributed by atoms with Gasteiger partial charge in [-0.05, 0) is 61.7 Å². The third-order valence-corrected chi connectivity index (χ3v) is 6.86. The Morgan fingerprint density at radius 3 is 2.52 bits per heavy atom. The van der Waals surface area contributed by atoms with Gasteiger partial charge in [0, 0.05) is 17.2 Å². The molecule has 0 saturated carbocycles. The fourth-order valence-corrected chi connectivity index (χ4v) is 4.90. The van der Waals surface area contributed by atoms with Crippen molar-refractivity contribution in [3.05, 3.63) is 51.0 Å². The Hall–Kier alpha value is -1.61. The molecule has 0 saturated heterocycles. The highest BCUT2D eigenvalue weighted by atomic mass is 79.9. The average molecular weight is 504 g/mol. The number of hydrogen-bond acceptors (Lipinski definition) is 4. The topological polar surface area (TPSA) is 75.7 Å². The maximum atomic E-state index is 12.8. The van der Waals surface area contributed by atoms with E-state index in [0.29, 0.717) is 18.0 Å². The van der Waals surface area contributed by atoms with Crippen molar-refractivity contribution in [3.63, 3.8) is 0 Å². The molecule has 0 bridgehead atoms. The summed E-state index contributed by atoms with van der Waals surface area (Å²) in [6.07, 6.45) is 0.731. The van der Waals surface area contributed by atoms with Crippen molar-refractivity contribution >= 4 is 49.1 Å². The minimum absolute atomic E-state index is 0.00433. The molecule has 0 radical (unpaired) electrons. The Bertz CT molecular complexity index is 1010. The molecule has 0 aliphatic carbocycles. The van der Waals surface area contributed by atoms with E-state index in [4.69, 9.17) is 16.3 Å². The molecule has 0 fully saturated rings. The smallest absolute Gasteiger partial charge is 0.243 e. The van der Waals surface area contributed by atoms with Gasteiger partial charge >= 0.3 is 0 Å². The van der Waals surface area contributed by atoms with Crippen molar-refractivity contribution in [1.29, 1.82) is 0 Å². The van der Waals surface area contributed by atoms with Crippen LogP contribution >= 0.6 is 27.5 Å².